The van der Waals surface area contributed by atoms with Gasteiger partial charge in [-0.3, -0.25) is 9.59 Å². The van der Waals surface area contributed by atoms with Crippen molar-refractivity contribution in [1.82, 2.24) is 5.32 Å². The molecular weight excluding hydrogens is 416 g/mol. The topological polar surface area (TPSA) is 69.6 Å². The zero-order valence-corrected chi connectivity index (χ0v) is 15.5. The number of hydrogen-bond acceptors (Lipinski definition) is 3. The van der Waals surface area contributed by atoms with Crippen molar-refractivity contribution in [1.29, 1.82) is 0 Å². The smallest absolute Gasteiger partial charge is 0.372 e. The van der Waals surface area contributed by atoms with Gasteiger partial charge in [-0.1, -0.05) is 23.7 Å². The fourth-order valence-corrected chi connectivity index (χ4v) is 3.19. The maximum Gasteiger partial charge on any atom is 0.416 e. The number of amides is 2. The molecule has 0 spiro atoms. The molecule has 2 aromatic carbocycles. The molecule has 10 heteroatoms. The van der Waals surface area contributed by atoms with E-state index in [0.29, 0.717) is 0 Å². The zero-order chi connectivity index (χ0) is 21.4. The van der Waals surface area contributed by atoms with Gasteiger partial charge in [-0.15, -0.1) is 0 Å². The van der Waals surface area contributed by atoms with Crippen LogP contribution in [0.4, 0.5) is 23.2 Å². The summed E-state index contributed by atoms with van der Waals surface area (Å²) in [6, 6.07) is 7.99. The molecule has 1 fully saturated rings. The molecule has 1 aliphatic rings. The number of nitrogens with zero attached hydrogens (tertiary/aromatic N) is 1. The third kappa shape index (κ3) is 4.06. The Morgan fingerprint density at radius 2 is 1.86 bits per heavy atom. The lowest BCUT2D eigenvalue weighted by molar-refractivity contribution is -0.149. The van der Waals surface area contributed by atoms with Crippen LogP contribution in [0.25, 0.3) is 0 Å². The molecule has 0 aliphatic carbocycles. The van der Waals surface area contributed by atoms with Crippen molar-refractivity contribution < 1.29 is 32.3 Å². The number of nitrogens with one attached hydrogen (secondary N) is 1. The maximum absolute atomic E-state index is 13.9. The van der Waals surface area contributed by atoms with Gasteiger partial charge in [-0.05, 0) is 30.3 Å². The second kappa shape index (κ2) is 7.64. The van der Waals surface area contributed by atoms with Gasteiger partial charge in [0.15, 0.2) is 0 Å². The van der Waals surface area contributed by atoms with E-state index in [9.17, 15) is 32.3 Å². The lowest BCUT2D eigenvalue weighted by Gasteiger charge is -2.22. The quantitative estimate of drug-likeness (QED) is 0.578. The normalized spacial score (nSPS) is 19.5. The van der Waals surface area contributed by atoms with Gasteiger partial charge in [-0.25, -0.2) is 4.39 Å². The number of carbonyl (C=O) groups is 2. The van der Waals surface area contributed by atoms with Crippen LogP contribution < -0.4 is 10.2 Å². The number of halogens is 5. The molecule has 0 radical (unpaired) electrons. The third-order valence-corrected chi connectivity index (χ3v) is 4.94. The van der Waals surface area contributed by atoms with Gasteiger partial charge >= 0.3 is 6.18 Å². The molecule has 3 rings (SSSR count). The molecule has 1 aliphatic heterocycles. The molecule has 1 saturated heterocycles. The van der Waals surface area contributed by atoms with E-state index in [0.717, 1.165) is 29.2 Å². The summed E-state index contributed by atoms with van der Waals surface area (Å²) in [5.41, 5.74) is -3.10. The number of anilines is 1. The molecular formula is C19H15ClF4N2O3. The molecule has 5 nitrogen and oxygen atoms in total. The van der Waals surface area contributed by atoms with Crippen molar-refractivity contribution in [2.45, 2.75) is 24.7 Å². The highest BCUT2D eigenvalue weighted by Crippen LogP contribution is 2.33. The van der Waals surface area contributed by atoms with Crippen molar-refractivity contribution in [3.8, 4) is 0 Å². The number of hydrogen-bond donors (Lipinski definition) is 2. The minimum absolute atomic E-state index is 0.0690. The summed E-state index contributed by atoms with van der Waals surface area (Å²) >= 11 is 5.66. The number of rotatable bonds is 4. The van der Waals surface area contributed by atoms with E-state index in [4.69, 9.17) is 11.6 Å². The van der Waals surface area contributed by atoms with Gasteiger partial charge in [0.05, 0.1) is 10.6 Å². The Hall–Kier alpha value is -2.65. The highest BCUT2D eigenvalue weighted by atomic mass is 35.5. The number of alkyl halides is 3. The van der Waals surface area contributed by atoms with Gasteiger partial charge in [0.2, 0.25) is 5.60 Å². The summed E-state index contributed by atoms with van der Waals surface area (Å²) in [5, 5.41) is 12.7. The summed E-state index contributed by atoms with van der Waals surface area (Å²) in [7, 11) is 0. The van der Waals surface area contributed by atoms with Crippen LogP contribution in [0.1, 0.15) is 17.5 Å². The van der Waals surface area contributed by atoms with Crippen molar-refractivity contribution in [3.63, 3.8) is 0 Å². The predicted molar refractivity (Wildman–Crippen MR) is 96.6 cm³/mol. The molecule has 29 heavy (non-hydrogen) atoms. The van der Waals surface area contributed by atoms with E-state index < -0.39 is 35.0 Å². The van der Waals surface area contributed by atoms with Crippen LogP contribution in [-0.2, 0) is 22.3 Å². The maximum atomic E-state index is 13.9. The monoisotopic (exact) mass is 430 g/mol. The van der Waals surface area contributed by atoms with Gasteiger partial charge in [0.1, 0.15) is 5.82 Å². The fraction of sp³-hybridized carbons (Fsp3) is 0.263. The Labute approximate surface area is 167 Å². The highest BCUT2D eigenvalue weighted by Gasteiger charge is 2.51. The number of aliphatic hydroxyl groups is 1. The number of carbonyl (C=O) groups excluding carboxylic acids is 2. The van der Waals surface area contributed by atoms with Crippen LogP contribution in [0.15, 0.2) is 42.5 Å². The van der Waals surface area contributed by atoms with Crippen LogP contribution in [0.3, 0.4) is 0 Å². The molecule has 0 aromatic heterocycles. The predicted octanol–water partition coefficient (Wildman–Crippen LogP) is 3.28. The Balaban J connectivity index is 1.71. The summed E-state index contributed by atoms with van der Waals surface area (Å²) < 4.78 is 51.9. The Bertz CT molecular complexity index is 949. The summed E-state index contributed by atoms with van der Waals surface area (Å²) in [6.07, 6.45) is -4.79. The molecule has 0 saturated carbocycles. The van der Waals surface area contributed by atoms with E-state index in [1.807, 2.05) is 0 Å². The number of benzene rings is 2. The lowest BCUT2D eigenvalue weighted by Crippen LogP contribution is -2.52. The van der Waals surface area contributed by atoms with Crippen LogP contribution in [0, 0.1) is 5.82 Å². The molecule has 2 amide bonds. The van der Waals surface area contributed by atoms with E-state index >= 15 is 0 Å². The van der Waals surface area contributed by atoms with Crippen molar-refractivity contribution >= 4 is 29.1 Å². The van der Waals surface area contributed by atoms with Gasteiger partial charge in [0, 0.05) is 30.8 Å². The largest absolute Gasteiger partial charge is 0.416 e. The van der Waals surface area contributed by atoms with Crippen molar-refractivity contribution in [3.05, 3.63) is 64.4 Å². The van der Waals surface area contributed by atoms with E-state index in [1.54, 1.807) is 0 Å². The first-order valence-electron chi connectivity index (χ1n) is 8.47. The Morgan fingerprint density at radius 1 is 1.21 bits per heavy atom. The van der Waals surface area contributed by atoms with Crippen LogP contribution in [0.5, 0.6) is 0 Å². The van der Waals surface area contributed by atoms with E-state index in [-0.39, 0.29) is 35.8 Å². The van der Waals surface area contributed by atoms with Crippen LogP contribution in [-0.4, -0.2) is 29.1 Å². The standard InChI is InChI=1S/C19H15ClF4N2O3/c20-14-3-1-2-11(15(14)21)10-25-16(27)18(29)8-9-26(17(18)28)13-6-4-12(5-7-13)19(22,23)24/h1-7,29H,8-10H2,(H,25,27)/t18-/m0/s1. The summed E-state index contributed by atoms with van der Waals surface area (Å²) in [6.45, 7) is -0.374. The summed E-state index contributed by atoms with van der Waals surface area (Å²) in [5.74, 6) is -2.73. The average molecular weight is 431 g/mol. The minimum Gasteiger partial charge on any atom is -0.372 e. The minimum atomic E-state index is -4.52. The third-order valence-electron chi connectivity index (χ3n) is 4.65. The molecule has 0 bridgehead atoms. The van der Waals surface area contributed by atoms with Crippen molar-refractivity contribution in [2.24, 2.45) is 0 Å². The molecule has 2 N–H and O–H groups in total. The average Bonchev–Trinajstić information content (AvgIpc) is 2.98. The SMILES string of the molecule is O=C(NCc1cccc(Cl)c1F)[C@@]1(O)CCN(c2ccc(C(F)(F)F)cc2)C1=O. The highest BCUT2D eigenvalue weighted by molar-refractivity contribution is 6.30. The molecule has 1 atom stereocenters. The molecule has 1 heterocycles. The van der Waals surface area contributed by atoms with Crippen LogP contribution >= 0.6 is 11.6 Å². The first kappa shape index (κ1) is 21.1. The second-order valence-corrected chi connectivity index (χ2v) is 6.91. The van der Waals surface area contributed by atoms with Gasteiger partial charge in [0.25, 0.3) is 11.8 Å². The Morgan fingerprint density at radius 3 is 2.48 bits per heavy atom. The molecule has 2 aromatic rings. The summed E-state index contributed by atoms with van der Waals surface area (Å²) in [4.78, 5) is 26.0. The molecule has 0 unspecified atom stereocenters. The Kier molecular flexibility index (Phi) is 5.55. The van der Waals surface area contributed by atoms with Gasteiger partial charge in [-0.2, -0.15) is 13.2 Å². The zero-order valence-electron chi connectivity index (χ0n) is 14.8. The van der Waals surface area contributed by atoms with Crippen LogP contribution in [0.2, 0.25) is 5.02 Å². The van der Waals surface area contributed by atoms with Gasteiger partial charge < -0.3 is 15.3 Å². The fourth-order valence-electron chi connectivity index (χ4n) is 3.00. The van der Waals surface area contributed by atoms with Crippen molar-refractivity contribution in [2.75, 3.05) is 11.4 Å². The molecule has 154 valence electrons. The van der Waals surface area contributed by atoms with E-state index in [2.05, 4.69) is 5.32 Å². The van der Waals surface area contributed by atoms with E-state index in [1.165, 1.54) is 18.2 Å². The first-order valence-corrected chi connectivity index (χ1v) is 8.84. The second-order valence-electron chi connectivity index (χ2n) is 6.51. The first-order chi connectivity index (χ1) is 13.5. The lowest BCUT2D eigenvalue weighted by atomic mass is 10.0.